The van der Waals surface area contributed by atoms with Gasteiger partial charge in [-0.1, -0.05) is 42.5 Å². The van der Waals surface area contributed by atoms with Crippen molar-refractivity contribution in [2.45, 2.75) is 6.92 Å². The first kappa shape index (κ1) is 19.7. The Morgan fingerprint density at radius 3 is 2.60 bits per heavy atom. The van der Waals surface area contributed by atoms with Gasteiger partial charge in [-0.25, -0.2) is 4.79 Å². The predicted octanol–water partition coefficient (Wildman–Crippen LogP) is 5.60. The maximum Gasteiger partial charge on any atom is 0.350 e. The van der Waals surface area contributed by atoms with E-state index in [4.69, 9.17) is 13.9 Å². The fourth-order valence-electron chi connectivity index (χ4n) is 3.07. The lowest BCUT2D eigenvalue weighted by atomic mass is 10.2. The van der Waals surface area contributed by atoms with E-state index in [1.807, 2.05) is 49.4 Å². The fourth-order valence-corrected chi connectivity index (χ4v) is 4.11. The lowest BCUT2D eigenvalue weighted by Gasteiger charge is -2.04. The van der Waals surface area contributed by atoms with Crippen molar-refractivity contribution in [1.82, 2.24) is 0 Å². The molecule has 4 rings (SSSR count). The van der Waals surface area contributed by atoms with Crippen LogP contribution in [-0.4, -0.2) is 25.6 Å². The predicted molar refractivity (Wildman–Crippen MR) is 116 cm³/mol. The van der Waals surface area contributed by atoms with Crippen molar-refractivity contribution in [2.24, 2.45) is 0 Å². The van der Waals surface area contributed by atoms with Crippen LogP contribution in [0.4, 0.5) is 5.69 Å². The third-order valence-electron chi connectivity index (χ3n) is 4.44. The van der Waals surface area contributed by atoms with E-state index in [-0.39, 0.29) is 5.76 Å². The minimum Gasteiger partial charge on any atom is -0.490 e. The SMILES string of the molecule is CCOc1cccc2cc(C(=O)Nc3cc(-c4ccccc4)sc3C(=O)OC)oc12. The maximum atomic E-state index is 12.9. The molecule has 0 aliphatic heterocycles. The van der Waals surface area contributed by atoms with Crippen LogP contribution in [0.25, 0.3) is 21.4 Å². The molecule has 4 aromatic rings. The molecule has 30 heavy (non-hydrogen) atoms. The van der Waals surface area contributed by atoms with E-state index in [0.717, 1.165) is 15.8 Å². The maximum absolute atomic E-state index is 12.9. The van der Waals surface area contributed by atoms with Gasteiger partial charge in [0.25, 0.3) is 5.91 Å². The normalized spacial score (nSPS) is 10.7. The molecule has 1 amide bonds. The fraction of sp³-hybridized carbons (Fsp3) is 0.130. The van der Waals surface area contributed by atoms with E-state index in [1.54, 1.807) is 18.2 Å². The van der Waals surface area contributed by atoms with Crippen LogP contribution in [0.15, 0.2) is 65.1 Å². The summed E-state index contributed by atoms with van der Waals surface area (Å²) < 4.78 is 16.2. The van der Waals surface area contributed by atoms with Gasteiger partial charge in [0.05, 0.1) is 19.4 Å². The zero-order chi connectivity index (χ0) is 21.1. The van der Waals surface area contributed by atoms with Crippen molar-refractivity contribution in [3.63, 3.8) is 0 Å². The second-order valence-electron chi connectivity index (χ2n) is 6.38. The Balaban J connectivity index is 1.67. The summed E-state index contributed by atoms with van der Waals surface area (Å²) >= 11 is 1.26. The third kappa shape index (κ3) is 3.79. The number of hydrogen-bond acceptors (Lipinski definition) is 6. The summed E-state index contributed by atoms with van der Waals surface area (Å²) in [5, 5.41) is 3.54. The summed E-state index contributed by atoms with van der Waals surface area (Å²) in [6, 6.07) is 18.5. The van der Waals surface area contributed by atoms with Gasteiger partial charge in [-0.05, 0) is 30.7 Å². The van der Waals surface area contributed by atoms with E-state index in [9.17, 15) is 9.59 Å². The summed E-state index contributed by atoms with van der Waals surface area (Å²) in [6.45, 7) is 2.37. The van der Waals surface area contributed by atoms with Crippen LogP contribution in [0.2, 0.25) is 0 Å². The number of nitrogens with one attached hydrogen (secondary N) is 1. The number of hydrogen-bond donors (Lipinski definition) is 1. The zero-order valence-corrected chi connectivity index (χ0v) is 17.2. The number of methoxy groups -OCH3 is 1. The van der Waals surface area contributed by atoms with Gasteiger partial charge >= 0.3 is 5.97 Å². The number of benzene rings is 2. The van der Waals surface area contributed by atoms with Crippen LogP contribution >= 0.6 is 11.3 Å². The Hall–Kier alpha value is -3.58. The van der Waals surface area contributed by atoms with Crippen molar-refractivity contribution in [3.8, 4) is 16.2 Å². The molecule has 2 aromatic carbocycles. The number of carbonyl (C=O) groups is 2. The largest absolute Gasteiger partial charge is 0.490 e. The van der Waals surface area contributed by atoms with Crippen LogP contribution in [0, 0.1) is 0 Å². The lowest BCUT2D eigenvalue weighted by Crippen LogP contribution is -2.13. The van der Waals surface area contributed by atoms with Crippen molar-refractivity contribution < 1.29 is 23.5 Å². The van der Waals surface area contributed by atoms with Crippen molar-refractivity contribution in [2.75, 3.05) is 19.0 Å². The smallest absolute Gasteiger partial charge is 0.350 e. The summed E-state index contributed by atoms with van der Waals surface area (Å²) in [6.07, 6.45) is 0. The molecule has 0 fully saturated rings. The molecule has 2 heterocycles. The standard InChI is InChI=1S/C23H19NO5S/c1-3-28-17-11-7-10-15-12-18(29-20(15)17)22(25)24-16-13-19(14-8-5-4-6-9-14)30-21(16)23(26)27-2/h4-13H,3H2,1-2H3,(H,24,25). The number of rotatable bonds is 6. The molecule has 0 aliphatic carbocycles. The highest BCUT2D eigenvalue weighted by molar-refractivity contribution is 7.18. The molecule has 0 unspecified atom stereocenters. The van der Waals surface area contributed by atoms with Crippen LogP contribution in [0.5, 0.6) is 5.75 Å². The molecular formula is C23H19NO5S. The van der Waals surface area contributed by atoms with Crippen molar-refractivity contribution in [3.05, 3.63) is 71.3 Å². The van der Waals surface area contributed by atoms with Crippen molar-refractivity contribution >= 4 is 39.9 Å². The Bertz CT molecular complexity index is 1210. The first-order valence-corrected chi connectivity index (χ1v) is 10.2. The minimum absolute atomic E-state index is 0.125. The number of fused-ring (bicyclic) bond motifs is 1. The van der Waals surface area contributed by atoms with Crippen molar-refractivity contribution in [1.29, 1.82) is 0 Å². The van der Waals surface area contributed by atoms with Crippen LogP contribution in [0.1, 0.15) is 27.2 Å². The number of esters is 1. The van der Waals surface area contributed by atoms with Gasteiger partial charge in [-0.15, -0.1) is 11.3 Å². The van der Waals surface area contributed by atoms with Gasteiger partial charge in [0.2, 0.25) is 0 Å². The molecule has 0 radical (unpaired) electrons. The highest BCUT2D eigenvalue weighted by atomic mass is 32.1. The average Bonchev–Trinajstić information content (AvgIpc) is 3.39. The van der Waals surface area contributed by atoms with Gasteiger partial charge in [-0.2, -0.15) is 0 Å². The summed E-state index contributed by atoms with van der Waals surface area (Å²) in [7, 11) is 1.31. The van der Waals surface area contributed by atoms with E-state index in [0.29, 0.717) is 28.5 Å². The molecule has 0 aliphatic rings. The van der Waals surface area contributed by atoms with E-state index in [1.165, 1.54) is 18.4 Å². The molecule has 0 spiro atoms. The Morgan fingerprint density at radius 1 is 1.07 bits per heavy atom. The monoisotopic (exact) mass is 421 g/mol. The molecule has 0 saturated heterocycles. The minimum atomic E-state index is -0.513. The molecule has 0 bridgehead atoms. The third-order valence-corrected chi connectivity index (χ3v) is 5.61. The molecule has 152 valence electrons. The van der Waals surface area contributed by atoms with Crippen LogP contribution in [-0.2, 0) is 4.74 Å². The quantitative estimate of drug-likeness (QED) is 0.410. The number of para-hydroxylation sites is 1. The molecule has 0 saturated carbocycles. The average molecular weight is 421 g/mol. The second kappa shape index (κ2) is 8.42. The molecular weight excluding hydrogens is 402 g/mol. The highest BCUT2D eigenvalue weighted by Crippen LogP contribution is 2.36. The number of furan rings is 1. The first-order valence-electron chi connectivity index (χ1n) is 9.35. The molecule has 6 nitrogen and oxygen atoms in total. The molecule has 7 heteroatoms. The topological polar surface area (TPSA) is 77.8 Å². The Labute approximate surface area is 177 Å². The molecule has 2 aromatic heterocycles. The van der Waals surface area contributed by atoms with Gasteiger partial charge < -0.3 is 19.2 Å². The van der Waals surface area contributed by atoms with E-state index >= 15 is 0 Å². The van der Waals surface area contributed by atoms with Gasteiger partial charge in [0.1, 0.15) is 4.88 Å². The lowest BCUT2D eigenvalue weighted by molar-refractivity contribution is 0.0607. The van der Waals surface area contributed by atoms with Crippen LogP contribution in [0.3, 0.4) is 0 Å². The van der Waals surface area contributed by atoms with Gasteiger partial charge in [0, 0.05) is 10.3 Å². The zero-order valence-electron chi connectivity index (χ0n) is 16.4. The van der Waals surface area contributed by atoms with Gasteiger partial charge in [-0.3, -0.25) is 4.79 Å². The molecule has 1 N–H and O–H groups in total. The van der Waals surface area contributed by atoms with Crippen LogP contribution < -0.4 is 10.1 Å². The number of amides is 1. The summed E-state index contributed by atoms with van der Waals surface area (Å²) in [5.74, 6) is -0.274. The highest BCUT2D eigenvalue weighted by Gasteiger charge is 2.22. The Morgan fingerprint density at radius 2 is 1.87 bits per heavy atom. The number of anilines is 1. The van der Waals surface area contributed by atoms with Gasteiger partial charge in [0.15, 0.2) is 17.1 Å². The van der Waals surface area contributed by atoms with E-state index < -0.39 is 11.9 Å². The Kier molecular flexibility index (Phi) is 5.54. The second-order valence-corrected chi connectivity index (χ2v) is 7.44. The first-order chi connectivity index (χ1) is 14.6. The summed E-state index contributed by atoms with van der Waals surface area (Å²) in [4.78, 5) is 26.3. The number of thiophene rings is 1. The number of ether oxygens (including phenoxy) is 2. The summed E-state index contributed by atoms with van der Waals surface area (Å²) in [5.41, 5.74) is 1.83. The van der Waals surface area contributed by atoms with E-state index in [2.05, 4.69) is 5.32 Å². The number of carbonyl (C=O) groups excluding carboxylic acids is 2. The molecule has 0 atom stereocenters.